The molecule has 0 aliphatic carbocycles. The summed E-state index contributed by atoms with van der Waals surface area (Å²) in [7, 11) is 1.61. The van der Waals surface area contributed by atoms with Crippen molar-refractivity contribution in [2.45, 2.75) is 18.6 Å². The monoisotopic (exact) mass is 371 g/mol. The van der Waals surface area contributed by atoms with Gasteiger partial charge in [0.1, 0.15) is 11.9 Å². The summed E-state index contributed by atoms with van der Waals surface area (Å²) in [6, 6.07) is 16.9. The standard InChI is InChI=1S/C21H25NO5/c1-3-26-20(23)21(16-7-5-4-6-8-16,19-15-25-13-14-27-19)22-17-9-11-18(24-2)12-10-17/h4-12,19,22H,3,13-15H2,1-2H3. The Balaban J connectivity index is 2.07. The topological polar surface area (TPSA) is 66.0 Å². The van der Waals surface area contributed by atoms with E-state index < -0.39 is 17.6 Å². The Labute approximate surface area is 159 Å². The fraction of sp³-hybridized carbons (Fsp3) is 0.381. The van der Waals surface area contributed by atoms with Crippen LogP contribution in [-0.2, 0) is 24.5 Å². The van der Waals surface area contributed by atoms with Gasteiger partial charge in [-0.2, -0.15) is 0 Å². The maximum absolute atomic E-state index is 13.2. The molecule has 6 nitrogen and oxygen atoms in total. The number of hydrogen-bond donors (Lipinski definition) is 1. The Morgan fingerprint density at radius 2 is 1.89 bits per heavy atom. The van der Waals surface area contributed by atoms with Crippen LogP contribution in [0.2, 0.25) is 0 Å². The largest absolute Gasteiger partial charge is 0.497 e. The van der Waals surface area contributed by atoms with E-state index in [0.717, 1.165) is 17.0 Å². The first kappa shape index (κ1) is 19.2. The summed E-state index contributed by atoms with van der Waals surface area (Å²) in [5.41, 5.74) is 0.281. The summed E-state index contributed by atoms with van der Waals surface area (Å²) in [6.07, 6.45) is -0.533. The number of carbonyl (C=O) groups is 1. The first-order valence-corrected chi connectivity index (χ1v) is 9.05. The van der Waals surface area contributed by atoms with Gasteiger partial charge in [0.15, 0.2) is 5.54 Å². The molecule has 0 amide bonds. The van der Waals surface area contributed by atoms with Gasteiger partial charge in [0, 0.05) is 5.69 Å². The summed E-state index contributed by atoms with van der Waals surface area (Å²) < 4.78 is 22.3. The van der Waals surface area contributed by atoms with E-state index in [4.69, 9.17) is 18.9 Å². The molecule has 1 N–H and O–H groups in total. The maximum atomic E-state index is 13.2. The van der Waals surface area contributed by atoms with Crippen molar-refractivity contribution < 1.29 is 23.7 Å². The van der Waals surface area contributed by atoms with E-state index in [2.05, 4.69) is 5.32 Å². The third-order valence-corrected chi connectivity index (χ3v) is 4.56. The summed E-state index contributed by atoms with van der Waals surface area (Å²) in [6.45, 7) is 3.27. The van der Waals surface area contributed by atoms with Gasteiger partial charge in [-0.25, -0.2) is 4.79 Å². The number of esters is 1. The van der Waals surface area contributed by atoms with E-state index in [9.17, 15) is 4.79 Å². The minimum Gasteiger partial charge on any atom is -0.497 e. The van der Waals surface area contributed by atoms with Gasteiger partial charge in [-0.1, -0.05) is 30.3 Å². The molecule has 2 unspecified atom stereocenters. The minimum atomic E-state index is -1.23. The molecule has 1 aliphatic heterocycles. The Morgan fingerprint density at radius 1 is 1.15 bits per heavy atom. The molecule has 0 saturated carbocycles. The summed E-state index contributed by atoms with van der Waals surface area (Å²) in [4.78, 5) is 13.2. The Morgan fingerprint density at radius 3 is 2.48 bits per heavy atom. The highest BCUT2D eigenvalue weighted by molar-refractivity contribution is 5.87. The van der Waals surface area contributed by atoms with Crippen molar-refractivity contribution in [2.24, 2.45) is 0 Å². The Kier molecular flexibility index (Phi) is 6.32. The van der Waals surface area contributed by atoms with Gasteiger partial charge in [0.05, 0.1) is 33.5 Å². The van der Waals surface area contributed by atoms with Crippen molar-refractivity contribution in [1.82, 2.24) is 0 Å². The lowest BCUT2D eigenvalue weighted by atomic mass is 9.83. The van der Waals surface area contributed by atoms with Crippen LogP contribution >= 0.6 is 0 Å². The van der Waals surface area contributed by atoms with Crippen LogP contribution in [0.3, 0.4) is 0 Å². The molecule has 27 heavy (non-hydrogen) atoms. The normalized spacial score (nSPS) is 19.0. The van der Waals surface area contributed by atoms with E-state index in [1.54, 1.807) is 14.0 Å². The number of hydrogen-bond acceptors (Lipinski definition) is 6. The molecule has 0 radical (unpaired) electrons. The van der Waals surface area contributed by atoms with E-state index >= 15 is 0 Å². The first-order chi connectivity index (χ1) is 13.2. The van der Waals surface area contributed by atoms with E-state index in [1.807, 2.05) is 54.6 Å². The zero-order chi connectivity index (χ0) is 19.1. The number of ether oxygens (including phenoxy) is 4. The van der Waals surface area contributed by atoms with Crippen LogP contribution in [0.5, 0.6) is 5.75 Å². The third-order valence-electron chi connectivity index (χ3n) is 4.56. The molecule has 1 aliphatic rings. The predicted octanol–water partition coefficient (Wildman–Crippen LogP) is 2.98. The SMILES string of the molecule is CCOC(=O)C(Nc1ccc(OC)cc1)(c1ccccc1)C1COCCO1. The van der Waals surface area contributed by atoms with Crippen LogP contribution < -0.4 is 10.1 Å². The van der Waals surface area contributed by atoms with Crippen molar-refractivity contribution in [2.75, 3.05) is 38.9 Å². The first-order valence-electron chi connectivity index (χ1n) is 9.05. The average molecular weight is 371 g/mol. The van der Waals surface area contributed by atoms with Gasteiger partial charge in [-0.05, 0) is 36.8 Å². The van der Waals surface area contributed by atoms with Crippen molar-refractivity contribution in [1.29, 1.82) is 0 Å². The van der Waals surface area contributed by atoms with Crippen LogP contribution in [0.25, 0.3) is 0 Å². The Bertz CT molecular complexity index is 728. The molecule has 0 spiro atoms. The molecule has 2 aromatic carbocycles. The van der Waals surface area contributed by atoms with Gasteiger partial charge < -0.3 is 24.3 Å². The number of methoxy groups -OCH3 is 1. The lowest BCUT2D eigenvalue weighted by molar-refractivity contribution is -0.166. The molecule has 6 heteroatoms. The second-order valence-electron chi connectivity index (χ2n) is 6.18. The summed E-state index contributed by atoms with van der Waals surface area (Å²) >= 11 is 0. The molecule has 1 heterocycles. The number of anilines is 1. The highest BCUT2D eigenvalue weighted by Gasteiger charge is 2.50. The van der Waals surface area contributed by atoms with Gasteiger partial charge in [-0.15, -0.1) is 0 Å². The molecular formula is C21H25NO5. The highest BCUT2D eigenvalue weighted by Crippen LogP contribution is 2.35. The van der Waals surface area contributed by atoms with Crippen LogP contribution in [-0.4, -0.2) is 45.6 Å². The highest BCUT2D eigenvalue weighted by atomic mass is 16.6. The van der Waals surface area contributed by atoms with E-state index in [1.165, 1.54) is 0 Å². The third kappa shape index (κ3) is 4.07. The molecule has 0 bridgehead atoms. The van der Waals surface area contributed by atoms with Gasteiger partial charge in [-0.3, -0.25) is 0 Å². The van der Waals surface area contributed by atoms with Gasteiger partial charge in [0.2, 0.25) is 0 Å². The zero-order valence-electron chi connectivity index (χ0n) is 15.6. The Hall–Kier alpha value is -2.57. The van der Waals surface area contributed by atoms with Crippen molar-refractivity contribution >= 4 is 11.7 Å². The zero-order valence-corrected chi connectivity index (χ0v) is 15.6. The van der Waals surface area contributed by atoms with Crippen molar-refractivity contribution in [3.05, 3.63) is 60.2 Å². The van der Waals surface area contributed by atoms with Crippen LogP contribution in [0.15, 0.2) is 54.6 Å². The van der Waals surface area contributed by atoms with Crippen LogP contribution in [0, 0.1) is 0 Å². The van der Waals surface area contributed by atoms with E-state index in [0.29, 0.717) is 13.2 Å². The smallest absolute Gasteiger partial charge is 0.339 e. The number of benzene rings is 2. The molecule has 0 aromatic heterocycles. The molecule has 2 aromatic rings. The minimum absolute atomic E-state index is 0.269. The lowest BCUT2D eigenvalue weighted by Gasteiger charge is -2.41. The number of carbonyl (C=O) groups excluding carboxylic acids is 1. The maximum Gasteiger partial charge on any atom is 0.339 e. The molecule has 1 fully saturated rings. The van der Waals surface area contributed by atoms with E-state index in [-0.39, 0.29) is 13.2 Å². The molecule has 144 valence electrons. The fourth-order valence-electron chi connectivity index (χ4n) is 3.22. The average Bonchev–Trinajstić information content (AvgIpc) is 2.74. The summed E-state index contributed by atoms with van der Waals surface area (Å²) in [5.74, 6) is 0.335. The van der Waals surface area contributed by atoms with Crippen molar-refractivity contribution in [3.63, 3.8) is 0 Å². The van der Waals surface area contributed by atoms with Gasteiger partial charge in [0.25, 0.3) is 0 Å². The molecule has 3 rings (SSSR count). The quantitative estimate of drug-likeness (QED) is 0.755. The van der Waals surface area contributed by atoms with Crippen molar-refractivity contribution in [3.8, 4) is 5.75 Å². The summed E-state index contributed by atoms with van der Waals surface area (Å²) in [5, 5.41) is 3.38. The molecule has 2 atom stereocenters. The van der Waals surface area contributed by atoms with Crippen LogP contribution in [0.4, 0.5) is 5.69 Å². The van der Waals surface area contributed by atoms with Crippen LogP contribution in [0.1, 0.15) is 12.5 Å². The van der Waals surface area contributed by atoms with Gasteiger partial charge >= 0.3 is 5.97 Å². The fourth-order valence-corrected chi connectivity index (χ4v) is 3.22. The molecule has 1 saturated heterocycles. The number of rotatable bonds is 7. The lowest BCUT2D eigenvalue weighted by Crippen LogP contribution is -2.58. The second kappa shape index (κ2) is 8.88. The predicted molar refractivity (Wildman–Crippen MR) is 102 cm³/mol. The number of nitrogens with one attached hydrogen (secondary N) is 1. The second-order valence-corrected chi connectivity index (χ2v) is 6.18. The molecular weight excluding hydrogens is 346 g/mol.